The normalized spacial score (nSPS) is 11.6. The van der Waals surface area contributed by atoms with E-state index < -0.39 is 10.0 Å². The first-order valence-electron chi connectivity index (χ1n) is 7.72. The fraction of sp³-hybridized carbons (Fsp3) is 0.250. The summed E-state index contributed by atoms with van der Waals surface area (Å²) in [5.41, 5.74) is 1.29. The molecule has 0 fully saturated rings. The van der Waals surface area contributed by atoms with Crippen LogP contribution >= 0.6 is 0 Å². The van der Waals surface area contributed by atoms with Crippen molar-refractivity contribution in [2.45, 2.75) is 31.8 Å². The lowest BCUT2D eigenvalue weighted by molar-refractivity contribution is 0.599. The van der Waals surface area contributed by atoms with Crippen LogP contribution in [0.15, 0.2) is 47.6 Å². The molecule has 0 saturated heterocycles. The third kappa shape index (κ3) is 3.87. The Morgan fingerprint density at radius 1 is 1.12 bits per heavy atom. The lowest BCUT2D eigenvalue weighted by Crippen LogP contribution is -2.14. The van der Waals surface area contributed by atoms with Crippen LogP contribution in [0.25, 0.3) is 0 Å². The van der Waals surface area contributed by atoms with Gasteiger partial charge in [-0.25, -0.2) is 12.8 Å². The number of aryl methyl sites for hydroxylation is 2. The Morgan fingerprint density at radius 3 is 2.48 bits per heavy atom. The van der Waals surface area contributed by atoms with Gasteiger partial charge >= 0.3 is 0 Å². The third-order valence-corrected chi connectivity index (χ3v) is 5.11. The van der Waals surface area contributed by atoms with Crippen LogP contribution < -0.4 is 4.72 Å². The average Bonchev–Trinajstić information content (AvgIpc) is 3.16. The van der Waals surface area contributed by atoms with Crippen LogP contribution in [0.1, 0.15) is 18.2 Å². The van der Waals surface area contributed by atoms with Gasteiger partial charge in [0.1, 0.15) is 10.7 Å². The van der Waals surface area contributed by atoms with E-state index in [2.05, 4.69) is 14.9 Å². The maximum atomic E-state index is 12.9. The highest BCUT2D eigenvalue weighted by Crippen LogP contribution is 2.17. The summed E-state index contributed by atoms with van der Waals surface area (Å²) in [6, 6.07) is 7.63. The van der Waals surface area contributed by atoms with Crippen molar-refractivity contribution < 1.29 is 12.8 Å². The van der Waals surface area contributed by atoms with E-state index >= 15 is 0 Å². The highest BCUT2D eigenvalue weighted by Gasteiger charge is 2.21. The number of hydrogen-bond donors (Lipinski definition) is 1. The zero-order valence-corrected chi connectivity index (χ0v) is 14.7. The van der Waals surface area contributed by atoms with E-state index in [4.69, 9.17) is 0 Å². The van der Waals surface area contributed by atoms with E-state index in [1.54, 1.807) is 40.7 Å². The van der Waals surface area contributed by atoms with Crippen molar-refractivity contribution >= 4 is 15.8 Å². The standard InChI is InChI=1S/C16H18FN5O2S/c1-3-21-11-15(12(2)18-21)25(23,24)20-16-8-9-22(19-16)10-13-4-6-14(17)7-5-13/h4-9,11H,3,10H2,1-2H3,(H,19,20). The molecule has 0 amide bonds. The first kappa shape index (κ1) is 17.2. The Morgan fingerprint density at radius 2 is 1.84 bits per heavy atom. The van der Waals surface area contributed by atoms with Crippen LogP contribution in [0, 0.1) is 12.7 Å². The predicted molar refractivity (Wildman–Crippen MR) is 91.2 cm³/mol. The molecule has 0 bridgehead atoms. The molecule has 7 nitrogen and oxygen atoms in total. The first-order chi connectivity index (χ1) is 11.9. The van der Waals surface area contributed by atoms with Gasteiger partial charge in [0, 0.05) is 25.0 Å². The predicted octanol–water partition coefficient (Wildman–Crippen LogP) is 2.40. The summed E-state index contributed by atoms with van der Waals surface area (Å²) in [7, 11) is -3.76. The molecule has 1 N–H and O–H groups in total. The van der Waals surface area contributed by atoms with Gasteiger partial charge in [-0.15, -0.1) is 0 Å². The number of rotatable bonds is 6. The highest BCUT2D eigenvalue weighted by molar-refractivity contribution is 7.92. The molecule has 0 atom stereocenters. The maximum Gasteiger partial charge on any atom is 0.266 e. The van der Waals surface area contributed by atoms with Gasteiger partial charge in [-0.1, -0.05) is 12.1 Å². The van der Waals surface area contributed by atoms with Crippen LogP contribution in [0.4, 0.5) is 10.2 Å². The van der Waals surface area contributed by atoms with Gasteiger partial charge in [0.2, 0.25) is 0 Å². The molecular formula is C16H18FN5O2S. The molecule has 0 aliphatic rings. The Bertz CT molecular complexity index is 976. The van der Waals surface area contributed by atoms with Crippen molar-refractivity contribution in [1.82, 2.24) is 19.6 Å². The molecule has 3 aromatic rings. The molecule has 0 aliphatic carbocycles. The molecule has 25 heavy (non-hydrogen) atoms. The molecule has 132 valence electrons. The summed E-state index contributed by atoms with van der Waals surface area (Å²) in [6.07, 6.45) is 3.15. The van der Waals surface area contributed by atoms with Crippen LogP contribution in [-0.4, -0.2) is 28.0 Å². The van der Waals surface area contributed by atoms with Crippen LogP contribution in [-0.2, 0) is 23.1 Å². The lowest BCUT2D eigenvalue weighted by atomic mass is 10.2. The van der Waals surface area contributed by atoms with Crippen LogP contribution in [0.5, 0.6) is 0 Å². The largest absolute Gasteiger partial charge is 0.271 e. The summed E-state index contributed by atoms with van der Waals surface area (Å²) in [5.74, 6) is -0.0913. The molecule has 9 heteroatoms. The molecule has 3 rings (SSSR count). The van der Waals surface area contributed by atoms with Crippen LogP contribution in [0.3, 0.4) is 0 Å². The number of nitrogens with zero attached hydrogens (tertiary/aromatic N) is 4. The number of benzene rings is 1. The van der Waals surface area contributed by atoms with Crippen molar-refractivity contribution in [3.05, 3.63) is 59.8 Å². The molecular weight excluding hydrogens is 345 g/mol. The summed E-state index contributed by atoms with van der Waals surface area (Å²) in [5, 5.41) is 8.35. The second-order valence-corrected chi connectivity index (χ2v) is 7.22. The van der Waals surface area contributed by atoms with Gasteiger partial charge in [-0.05, 0) is 31.5 Å². The van der Waals surface area contributed by atoms with Gasteiger partial charge < -0.3 is 0 Å². The van der Waals surface area contributed by atoms with Gasteiger partial charge in [0.25, 0.3) is 10.0 Å². The Kier molecular flexibility index (Phi) is 4.58. The molecule has 0 radical (unpaired) electrons. The second kappa shape index (κ2) is 6.67. The molecule has 0 spiro atoms. The highest BCUT2D eigenvalue weighted by atomic mass is 32.2. The fourth-order valence-corrected chi connectivity index (χ4v) is 3.58. The zero-order chi connectivity index (χ0) is 18.0. The summed E-state index contributed by atoms with van der Waals surface area (Å²) < 4.78 is 43.5. The second-order valence-electron chi connectivity index (χ2n) is 5.56. The fourth-order valence-electron chi connectivity index (χ4n) is 2.40. The monoisotopic (exact) mass is 363 g/mol. The molecule has 2 aromatic heterocycles. The van der Waals surface area contributed by atoms with Crippen molar-refractivity contribution in [3.63, 3.8) is 0 Å². The molecule has 1 aromatic carbocycles. The van der Waals surface area contributed by atoms with E-state index in [-0.39, 0.29) is 16.5 Å². The third-order valence-electron chi connectivity index (χ3n) is 3.65. The minimum absolute atomic E-state index is 0.127. The van der Waals surface area contributed by atoms with E-state index in [9.17, 15) is 12.8 Å². The van der Waals surface area contributed by atoms with Crippen molar-refractivity contribution in [2.24, 2.45) is 0 Å². The topological polar surface area (TPSA) is 81.8 Å². The average molecular weight is 363 g/mol. The number of sulfonamides is 1. The molecule has 0 unspecified atom stereocenters. The van der Waals surface area contributed by atoms with Gasteiger partial charge in [0.15, 0.2) is 5.82 Å². The Hall–Kier alpha value is -2.68. The van der Waals surface area contributed by atoms with E-state index in [0.29, 0.717) is 18.8 Å². The number of halogens is 1. The van der Waals surface area contributed by atoms with Crippen molar-refractivity contribution in [2.75, 3.05) is 4.72 Å². The minimum Gasteiger partial charge on any atom is -0.271 e. The quantitative estimate of drug-likeness (QED) is 0.729. The number of hydrogen-bond acceptors (Lipinski definition) is 4. The van der Waals surface area contributed by atoms with E-state index in [1.807, 2.05) is 6.92 Å². The van der Waals surface area contributed by atoms with Crippen LogP contribution in [0.2, 0.25) is 0 Å². The first-order valence-corrected chi connectivity index (χ1v) is 9.20. The zero-order valence-electron chi connectivity index (χ0n) is 13.8. The molecule has 0 saturated carbocycles. The Labute approximate surface area is 145 Å². The minimum atomic E-state index is -3.76. The Balaban J connectivity index is 1.76. The molecule has 0 aliphatic heterocycles. The van der Waals surface area contributed by atoms with E-state index in [0.717, 1.165) is 5.56 Å². The van der Waals surface area contributed by atoms with Crippen molar-refractivity contribution in [3.8, 4) is 0 Å². The number of aromatic nitrogens is 4. The van der Waals surface area contributed by atoms with E-state index in [1.165, 1.54) is 18.3 Å². The number of anilines is 1. The summed E-state index contributed by atoms with van der Waals surface area (Å²) >= 11 is 0. The van der Waals surface area contributed by atoms with Gasteiger partial charge in [-0.2, -0.15) is 10.2 Å². The van der Waals surface area contributed by atoms with Gasteiger partial charge in [-0.3, -0.25) is 14.1 Å². The smallest absolute Gasteiger partial charge is 0.266 e. The molecule has 2 heterocycles. The maximum absolute atomic E-state index is 12.9. The van der Waals surface area contributed by atoms with Gasteiger partial charge in [0.05, 0.1) is 12.2 Å². The SMILES string of the molecule is CCn1cc(S(=O)(=O)Nc2ccn(Cc3ccc(F)cc3)n2)c(C)n1. The summed E-state index contributed by atoms with van der Waals surface area (Å²) in [4.78, 5) is 0.127. The van der Waals surface area contributed by atoms with Crippen molar-refractivity contribution in [1.29, 1.82) is 0 Å². The summed E-state index contributed by atoms with van der Waals surface area (Å²) in [6.45, 7) is 4.53. The lowest BCUT2D eigenvalue weighted by Gasteiger charge is -2.04. The number of nitrogens with one attached hydrogen (secondary N) is 1.